The van der Waals surface area contributed by atoms with Gasteiger partial charge in [0.15, 0.2) is 0 Å². The largest absolute Gasteiger partial charge is 0.369 e. The maximum absolute atomic E-state index is 10.9. The van der Waals surface area contributed by atoms with Crippen LogP contribution in [0, 0.1) is 11.8 Å². The van der Waals surface area contributed by atoms with Crippen LogP contribution in [0.3, 0.4) is 0 Å². The van der Waals surface area contributed by atoms with Crippen molar-refractivity contribution in [3.63, 3.8) is 0 Å². The molecule has 1 amide bonds. The van der Waals surface area contributed by atoms with Gasteiger partial charge in [-0.15, -0.1) is 0 Å². The number of hydrogen-bond acceptors (Lipinski definition) is 4. The maximum atomic E-state index is 10.9. The molecule has 0 aromatic rings. The molecule has 2 fully saturated rings. The van der Waals surface area contributed by atoms with Crippen LogP contribution in [0.15, 0.2) is 0 Å². The van der Waals surface area contributed by atoms with Crippen LogP contribution in [0.4, 0.5) is 0 Å². The molecule has 0 saturated heterocycles. The number of primary amides is 1. The lowest BCUT2D eigenvalue weighted by molar-refractivity contribution is -0.124. The molecule has 2 rings (SSSR count). The third kappa shape index (κ3) is 4.74. The van der Waals surface area contributed by atoms with E-state index in [4.69, 9.17) is 17.2 Å². The molecule has 0 aromatic carbocycles. The fourth-order valence-electron chi connectivity index (χ4n) is 2.42. The standard InChI is InChI=1S/C8H15NO.C5H10N2O/c1-6(10)7-2-4-8(9)5-3-7;6-4-1-3(2-4)5(7)8/h7-8H,2-5,9H2,1H3;3-4H,1-2,6H2,(H2,7,8). The van der Waals surface area contributed by atoms with Crippen molar-refractivity contribution in [2.45, 2.75) is 57.5 Å². The Kier molecular flexibility index (Phi) is 5.75. The zero-order chi connectivity index (χ0) is 13.7. The lowest BCUT2D eigenvalue weighted by atomic mass is 9.80. The SMILES string of the molecule is CC(=O)C1CCC(N)CC1.NC(=O)C1CC(N)C1. The van der Waals surface area contributed by atoms with Gasteiger partial charge in [-0.05, 0) is 45.4 Å². The first-order chi connectivity index (χ1) is 8.40. The predicted octanol–water partition coefficient (Wildman–Crippen LogP) is 0.302. The van der Waals surface area contributed by atoms with Crippen molar-refractivity contribution in [3.8, 4) is 0 Å². The highest BCUT2D eigenvalue weighted by Crippen LogP contribution is 2.24. The van der Waals surface area contributed by atoms with Crippen LogP contribution in [0.2, 0.25) is 0 Å². The predicted molar refractivity (Wildman–Crippen MR) is 70.5 cm³/mol. The first kappa shape index (κ1) is 15.1. The molecule has 2 aliphatic carbocycles. The van der Waals surface area contributed by atoms with Crippen LogP contribution in [0.1, 0.15) is 45.4 Å². The van der Waals surface area contributed by atoms with E-state index in [1.165, 1.54) is 0 Å². The second-order valence-corrected chi connectivity index (χ2v) is 5.55. The van der Waals surface area contributed by atoms with Gasteiger partial charge in [0, 0.05) is 23.9 Å². The summed E-state index contributed by atoms with van der Waals surface area (Å²) in [4.78, 5) is 21.2. The van der Waals surface area contributed by atoms with Gasteiger partial charge in [0.1, 0.15) is 5.78 Å². The van der Waals surface area contributed by atoms with Gasteiger partial charge in [-0.25, -0.2) is 0 Å². The lowest BCUT2D eigenvalue weighted by Crippen LogP contribution is -2.42. The number of nitrogens with two attached hydrogens (primary N) is 3. The number of hydrogen-bond donors (Lipinski definition) is 3. The summed E-state index contributed by atoms with van der Waals surface area (Å²) in [5.41, 5.74) is 16.1. The number of carbonyl (C=O) groups is 2. The molecule has 0 aliphatic heterocycles. The molecule has 104 valence electrons. The minimum atomic E-state index is -0.202. The number of amides is 1. The molecule has 0 unspecified atom stereocenters. The average molecular weight is 255 g/mol. The first-order valence-corrected chi connectivity index (χ1v) is 6.71. The third-order valence-corrected chi connectivity index (χ3v) is 3.92. The van der Waals surface area contributed by atoms with E-state index in [0.29, 0.717) is 17.7 Å². The highest BCUT2D eigenvalue weighted by molar-refractivity contribution is 5.78. The van der Waals surface area contributed by atoms with Crippen molar-refractivity contribution in [3.05, 3.63) is 0 Å². The molecule has 2 aliphatic rings. The van der Waals surface area contributed by atoms with Crippen LogP contribution in [-0.4, -0.2) is 23.8 Å². The molecule has 18 heavy (non-hydrogen) atoms. The zero-order valence-electron chi connectivity index (χ0n) is 11.1. The molecular weight excluding hydrogens is 230 g/mol. The molecule has 5 heteroatoms. The maximum Gasteiger partial charge on any atom is 0.220 e. The Balaban J connectivity index is 0.000000184. The molecule has 5 nitrogen and oxygen atoms in total. The highest BCUT2D eigenvalue weighted by atomic mass is 16.1. The summed E-state index contributed by atoms with van der Waals surface area (Å²) >= 11 is 0. The second-order valence-electron chi connectivity index (χ2n) is 5.55. The molecule has 0 radical (unpaired) electrons. The molecule has 0 heterocycles. The second kappa shape index (κ2) is 6.85. The van der Waals surface area contributed by atoms with Gasteiger partial charge in [0.2, 0.25) is 5.91 Å². The van der Waals surface area contributed by atoms with Crippen LogP contribution >= 0.6 is 0 Å². The van der Waals surface area contributed by atoms with E-state index < -0.39 is 0 Å². The van der Waals surface area contributed by atoms with E-state index in [1.54, 1.807) is 6.92 Å². The zero-order valence-corrected chi connectivity index (χ0v) is 11.1. The minimum Gasteiger partial charge on any atom is -0.369 e. The van der Waals surface area contributed by atoms with Gasteiger partial charge in [0.25, 0.3) is 0 Å². The van der Waals surface area contributed by atoms with Crippen LogP contribution in [0.25, 0.3) is 0 Å². The van der Waals surface area contributed by atoms with Crippen LogP contribution < -0.4 is 17.2 Å². The molecule has 0 aromatic heterocycles. The van der Waals surface area contributed by atoms with E-state index in [-0.39, 0.29) is 17.9 Å². The summed E-state index contributed by atoms with van der Waals surface area (Å²) < 4.78 is 0. The number of carbonyl (C=O) groups excluding carboxylic acids is 2. The number of Topliss-reactive ketones (excluding diaryl/α,β-unsaturated/α-hetero) is 1. The Hall–Kier alpha value is -0.940. The minimum absolute atomic E-state index is 0.0741. The summed E-state index contributed by atoms with van der Waals surface area (Å²) in [6, 6.07) is 0.586. The lowest BCUT2D eigenvalue weighted by Gasteiger charge is -2.29. The van der Waals surface area contributed by atoms with E-state index in [0.717, 1.165) is 38.5 Å². The summed E-state index contributed by atoms with van der Waals surface area (Å²) in [5, 5.41) is 0. The summed E-state index contributed by atoms with van der Waals surface area (Å²) in [7, 11) is 0. The molecule has 2 saturated carbocycles. The fourth-order valence-corrected chi connectivity index (χ4v) is 2.42. The summed E-state index contributed by atoms with van der Waals surface area (Å²) in [5.74, 6) is 0.531. The van der Waals surface area contributed by atoms with E-state index in [1.807, 2.05) is 0 Å². The van der Waals surface area contributed by atoms with Gasteiger partial charge in [0.05, 0.1) is 0 Å². The smallest absolute Gasteiger partial charge is 0.220 e. The normalized spacial score (nSPS) is 34.8. The van der Waals surface area contributed by atoms with Crippen molar-refractivity contribution in [1.29, 1.82) is 0 Å². The Morgan fingerprint density at radius 3 is 1.67 bits per heavy atom. The molecule has 0 bridgehead atoms. The Morgan fingerprint density at radius 1 is 0.889 bits per heavy atom. The molecule has 6 N–H and O–H groups in total. The molecule has 0 spiro atoms. The van der Waals surface area contributed by atoms with E-state index >= 15 is 0 Å². The van der Waals surface area contributed by atoms with Crippen LogP contribution in [0.5, 0.6) is 0 Å². The highest BCUT2D eigenvalue weighted by Gasteiger charge is 2.29. The van der Waals surface area contributed by atoms with Crippen molar-refractivity contribution in [2.75, 3.05) is 0 Å². The first-order valence-electron chi connectivity index (χ1n) is 6.71. The van der Waals surface area contributed by atoms with Gasteiger partial charge >= 0.3 is 0 Å². The van der Waals surface area contributed by atoms with Crippen LogP contribution in [-0.2, 0) is 9.59 Å². The van der Waals surface area contributed by atoms with Gasteiger partial charge in [-0.2, -0.15) is 0 Å². The average Bonchev–Trinajstić information content (AvgIpc) is 2.26. The summed E-state index contributed by atoms with van der Waals surface area (Å²) in [6.45, 7) is 1.68. The van der Waals surface area contributed by atoms with Gasteiger partial charge in [-0.1, -0.05) is 0 Å². The van der Waals surface area contributed by atoms with E-state index in [2.05, 4.69) is 0 Å². The number of ketones is 1. The van der Waals surface area contributed by atoms with Crippen molar-refractivity contribution in [2.24, 2.45) is 29.0 Å². The Morgan fingerprint density at radius 2 is 1.39 bits per heavy atom. The van der Waals surface area contributed by atoms with Crippen molar-refractivity contribution < 1.29 is 9.59 Å². The topological polar surface area (TPSA) is 112 Å². The van der Waals surface area contributed by atoms with Crippen molar-refractivity contribution >= 4 is 11.7 Å². The fraction of sp³-hybridized carbons (Fsp3) is 0.846. The monoisotopic (exact) mass is 255 g/mol. The van der Waals surface area contributed by atoms with Crippen molar-refractivity contribution in [1.82, 2.24) is 0 Å². The third-order valence-electron chi connectivity index (χ3n) is 3.92. The number of rotatable bonds is 2. The quantitative estimate of drug-likeness (QED) is 0.658. The summed E-state index contributed by atoms with van der Waals surface area (Å²) in [6.07, 6.45) is 5.66. The molecular formula is C13H25N3O2. The Labute approximate surface area is 108 Å². The van der Waals surface area contributed by atoms with Gasteiger partial charge < -0.3 is 17.2 Å². The molecule has 0 atom stereocenters. The van der Waals surface area contributed by atoms with Gasteiger partial charge in [-0.3, -0.25) is 9.59 Å². The van der Waals surface area contributed by atoms with E-state index in [9.17, 15) is 9.59 Å². The Bertz CT molecular complexity index is 293.